The Morgan fingerprint density at radius 3 is 2.90 bits per heavy atom. The number of amides is 1. The number of benzene rings is 1. The summed E-state index contributed by atoms with van der Waals surface area (Å²) in [6.07, 6.45) is 2.01. The minimum Gasteiger partial charge on any atom is -0.316 e. The molecule has 1 aliphatic rings. The normalized spacial score (nSPS) is 18.4. The van der Waals surface area contributed by atoms with Crippen LogP contribution in [0.2, 0.25) is 0 Å². The highest BCUT2D eigenvalue weighted by molar-refractivity contribution is 7.14. The van der Waals surface area contributed by atoms with Crippen LogP contribution in [0.3, 0.4) is 0 Å². The lowest BCUT2D eigenvalue weighted by atomic mass is 9.99. The van der Waals surface area contributed by atoms with Gasteiger partial charge in [0.2, 0.25) is 5.91 Å². The zero-order valence-electron chi connectivity index (χ0n) is 12.1. The Balaban J connectivity index is 1.67. The summed E-state index contributed by atoms with van der Waals surface area (Å²) in [6, 6.07) is 8.25. The van der Waals surface area contributed by atoms with E-state index in [4.69, 9.17) is 0 Å². The zero-order chi connectivity index (χ0) is 14.7. The maximum atomic E-state index is 12.2. The molecule has 0 spiro atoms. The summed E-state index contributed by atoms with van der Waals surface area (Å²) in [4.78, 5) is 16.7. The van der Waals surface area contributed by atoms with Crippen molar-refractivity contribution in [1.29, 1.82) is 0 Å². The number of thiazole rings is 1. The summed E-state index contributed by atoms with van der Waals surface area (Å²) in [7, 11) is 0. The number of hydrogen-bond acceptors (Lipinski definition) is 4. The molecule has 1 unspecified atom stereocenters. The molecule has 1 aliphatic heterocycles. The monoisotopic (exact) mass is 301 g/mol. The van der Waals surface area contributed by atoms with Crippen LogP contribution in [-0.4, -0.2) is 24.0 Å². The average molecular weight is 301 g/mol. The van der Waals surface area contributed by atoms with Crippen molar-refractivity contribution < 1.29 is 4.79 Å². The second-order valence-electron chi connectivity index (χ2n) is 5.44. The number of piperidine rings is 1. The Morgan fingerprint density at radius 1 is 1.38 bits per heavy atom. The number of nitrogens with zero attached hydrogens (tertiary/aromatic N) is 1. The molecule has 1 fully saturated rings. The number of aromatic nitrogens is 1. The molecule has 4 nitrogen and oxygen atoms in total. The molecule has 3 rings (SSSR count). The van der Waals surface area contributed by atoms with Crippen LogP contribution < -0.4 is 10.6 Å². The summed E-state index contributed by atoms with van der Waals surface area (Å²) in [5.41, 5.74) is 3.22. The fraction of sp³-hybridized carbons (Fsp3) is 0.375. The van der Waals surface area contributed by atoms with Gasteiger partial charge in [-0.1, -0.05) is 29.8 Å². The number of aryl methyl sites for hydroxylation is 1. The molecule has 1 saturated heterocycles. The zero-order valence-corrected chi connectivity index (χ0v) is 12.9. The van der Waals surface area contributed by atoms with Gasteiger partial charge in [-0.15, -0.1) is 11.3 Å². The molecular weight excluding hydrogens is 282 g/mol. The minimum atomic E-state index is 0.0606. The summed E-state index contributed by atoms with van der Waals surface area (Å²) >= 11 is 1.48. The van der Waals surface area contributed by atoms with E-state index in [0.29, 0.717) is 5.13 Å². The van der Waals surface area contributed by atoms with Gasteiger partial charge in [-0.3, -0.25) is 4.79 Å². The number of carbonyl (C=O) groups is 1. The fourth-order valence-corrected chi connectivity index (χ4v) is 3.19. The van der Waals surface area contributed by atoms with Crippen LogP contribution in [0.4, 0.5) is 5.13 Å². The standard InChI is InChI=1S/C16H19N3OS/c1-11-4-6-12(7-5-11)14-10-21-16(18-14)19-15(20)13-3-2-8-17-9-13/h4-7,10,13,17H,2-3,8-9H2,1H3,(H,18,19,20). The lowest BCUT2D eigenvalue weighted by Gasteiger charge is -2.21. The van der Waals surface area contributed by atoms with E-state index in [2.05, 4.69) is 46.8 Å². The molecule has 0 radical (unpaired) electrons. The summed E-state index contributed by atoms with van der Waals surface area (Å²) in [6.45, 7) is 3.84. The van der Waals surface area contributed by atoms with E-state index in [0.717, 1.165) is 37.2 Å². The largest absolute Gasteiger partial charge is 0.316 e. The van der Waals surface area contributed by atoms with Gasteiger partial charge in [0, 0.05) is 17.5 Å². The molecule has 2 aromatic rings. The second kappa shape index (κ2) is 6.37. The summed E-state index contributed by atoms with van der Waals surface area (Å²) < 4.78 is 0. The van der Waals surface area contributed by atoms with Crippen molar-refractivity contribution in [2.24, 2.45) is 5.92 Å². The molecule has 0 saturated carbocycles. The summed E-state index contributed by atoms with van der Waals surface area (Å²) in [5.74, 6) is 0.137. The highest BCUT2D eigenvalue weighted by Gasteiger charge is 2.21. The van der Waals surface area contributed by atoms with E-state index >= 15 is 0 Å². The first-order chi connectivity index (χ1) is 10.2. The molecule has 1 aromatic heterocycles. The Hall–Kier alpha value is -1.72. The van der Waals surface area contributed by atoms with E-state index in [1.807, 2.05) is 5.38 Å². The molecule has 21 heavy (non-hydrogen) atoms. The van der Waals surface area contributed by atoms with Gasteiger partial charge in [0.25, 0.3) is 0 Å². The maximum absolute atomic E-state index is 12.2. The van der Waals surface area contributed by atoms with Gasteiger partial charge in [0.05, 0.1) is 11.6 Å². The lowest BCUT2D eigenvalue weighted by molar-refractivity contribution is -0.120. The Kier molecular flexibility index (Phi) is 4.31. The SMILES string of the molecule is Cc1ccc(-c2csc(NC(=O)C3CCCNC3)n2)cc1. The molecule has 0 aliphatic carbocycles. The summed E-state index contributed by atoms with van der Waals surface area (Å²) in [5, 5.41) is 8.87. The van der Waals surface area contributed by atoms with Crippen molar-refractivity contribution in [2.45, 2.75) is 19.8 Å². The molecule has 2 heterocycles. The average Bonchev–Trinajstić information content (AvgIpc) is 2.97. The Morgan fingerprint density at radius 2 is 2.19 bits per heavy atom. The van der Waals surface area contributed by atoms with Crippen molar-refractivity contribution >= 4 is 22.4 Å². The Bertz CT molecular complexity index is 615. The fourth-order valence-electron chi connectivity index (χ4n) is 2.47. The first-order valence-corrected chi connectivity index (χ1v) is 8.14. The van der Waals surface area contributed by atoms with Crippen LogP contribution in [0.25, 0.3) is 11.3 Å². The smallest absolute Gasteiger partial charge is 0.230 e. The van der Waals surface area contributed by atoms with Crippen molar-refractivity contribution in [3.05, 3.63) is 35.2 Å². The third kappa shape index (κ3) is 3.49. The van der Waals surface area contributed by atoms with Gasteiger partial charge in [0.1, 0.15) is 0 Å². The predicted octanol–water partition coefficient (Wildman–Crippen LogP) is 3.06. The highest BCUT2D eigenvalue weighted by Crippen LogP contribution is 2.25. The molecule has 1 aromatic carbocycles. The van der Waals surface area contributed by atoms with E-state index in [-0.39, 0.29) is 11.8 Å². The molecule has 5 heteroatoms. The second-order valence-corrected chi connectivity index (χ2v) is 6.29. The van der Waals surface area contributed by atoms with Crippen LogP contribution in [0.1, 0.15) is 18.4 Å². The number of hydrogen-bond donors (Lipinski definition) is 2. The van der Waals surface area contributed by atoms with E-state index in [1.165, 1.54) is 16.9 Å². The minimum absolute atomic E-state index is 0.0606. The van der Waals surface area contributed by atoms with Gasteiger partial charge in [0.15, 0.2) is 5.13 Å². The van der Waals surface area contributed by atoms with E-state index in [1.54, 1.807) is 0 Å². The van der Waals surface area contributed by atoms with Gasteiger partial charge in [-0.05, 0) is 26.3 Å². The molecule has 110 valence electrons. The van der Waals surface area contributed by atoms with Crippen molar-refractivity contribution in [2.75, 3.05) is 18.4 Å². The Labute approximate surface area is 128 Å². The van der Waals surface area contributed by atoms with E-state index < -0.39 is 0 Å². The predicted molar refractivity (Wildman–Crippen MR) is 86.5 cm³/mol. The van der Waals surface area contributed by atoms with Crippen LogP contribution in [-0.2, 0) is 4.79 Å². The van der Waals surface area contributed by atoms with E-state index in [9.17, 15) is 4.79 Å². The van der Waals surface area contributed by atoms with Crippen LogP contribution in [0.15, 0.2) is 29.6 Å². The number of carbonyl (C=O) groups excluding carboxylic acids is 1. The number of anilines is 1. The molecule has 1 atom stereocenters. The van der Waals surface area contributed by atoms with Gasteiger partial charge >= 0.3 is 0 Å². The topological polar surface area (TPSA) is 54.0 Å². The van der Waals surface area contributed by atoms with Gasteiger partial charge in [-0.2, -0.15) is 0 Å². The third-order valence-electron chi connectivity index (χ3n) is 3.75. The number of nitrogens with one attached hydrogen (secondary N) is 2. The first-order valence-electron chi connectivity index (χ1n) is 7.26. The van der Waals surface area contributed by atoms with Gasteiger partial charge in [-0.25, -0.2) is 4.98 Å². The molecular formula is C16H19N3OS. The third-order valence-corrected chi connectivity index (χ3v) is 4.51. The number of rotatable bonds is 3. The van der Waals surface area contributed by atoms with Crippen LogP contribution in [0, 0.1) is 12.8 Å². The molecule has 2 N–H and O–H groups in total. The van der Waals surface area contributed by atoms with Crippen molar-refractivity contribution in [1.82, 2.24) is 10.3 Å². The highest BCUT2D eigenvalue weighted by atomic mass is 32.1. The quantitative estimate of drug-likeness (QED) is 0.916. The molecule has 1 amide bonds. The maximum Gasteiger partial charge on any atom is 0.230 e. The lowest BCUT2D eigenvalue weighted by Crippen LogP contribution is -2.37. The van der Waals surface area contributed by atoms with Crippen LogP contribution >= 0.6 is 11.3 Å². The van der Waals surface area contributed by atoms with Gasteiger partial charge < -0.3 is 10.6 Å². The van der Waals surface area contributed by atoms with Crippen LogP contribution in [0.5, 0.6) is 0 Å². The first kappa shape index (κ1) is 14.2. The van der Waals surface area contributed by atoms with Crippen molar-refractivity contribution in [3.8, 4) is 11.3 Å². The van der Waals surface area contributed by atoms with Crippen molar-refractivity contribution in [3.63, 3.8) is 0 Å². The molecule has 0 bridgehead atoms.